The Balaban J connectivity index is 1.86. The van der Waals surface area contributed by atoms with E-state index in [1.165, 1.54) is 5.75 Å². The number of ether oxygens (including phenoxy) is 1. The molecule has 2 fully saturated rings. The van der Waals surface area contributed by atoms with Crippen LogP contribution in [0.2, 0.25) is 0 Å². The zero-order valence-corrected chi connectivity index (χ0v) is 14.4. The van der Waals surface area contributed by atoms with Crippen LogP contribution in [-0.2, 0) is 9.53 Å². The van der Waals surface area contributed by atoms with Gasteiger partial charge in [0.1, 0.15) is 5.78 Å². The Kier molecular flexibility index (Phi) is 5.23. The van der Waals surface area contributed by atoms with Crippen LogP contribution in [0, 0.1) is 17.3 Å². The second-order valence-corrected chi connectivity index (χ2v) is 9.17. The molecule has 3 unspecified atom stereocenters. The number of hydrogen-bond acceptors (Lipinski definition) is 3. The summed E-state index contributed by atoms with van der Waals surface area (Å²) in [6, 6.07) is 0. The number of thioether (sulfide) groups is 1. The molecule has 2 heterocycles. The number of ketones is 1. The molecule has 0 saturated carbocycles. The van der Waals surface area contributed by atoms with E-state index >= 15 is 0 Å². The lowest BCUT2D eigenvalue weighted by Gasteiger charge is -2.37. The fourth-order valence-corrected chi connectivity index (χ4v) is 5.17. The first kappa shape index (κ1) is 16.4. The van der Waals surface area contributed by atoms with Crippen LogP contribution in [0.3, 0.4) is 0 Å². The quantitative estimate of drug-likeness (QED) is 0.773. The summed E-state index contributed by atoms with van der Waals surface area (Å²) in [5.74, 6) is 3.53. The van der Waals surface area contributed by atoms with Crippen LogP contribution in [0.5, 0.6) is 0 Å². The molecule has 1 spiro atoms. The number of carbonyl (C=O) groups excluding carboxylic acids is 1. The molecule has 2 saturated heterocycles. The molecule has 0 aromatic heterocycles. The van der Waals surface area contributed by atoms with Crippen molar-refractivity contribution < 1.29 is 9.53 Å². The highest BCUT2D eigenvalue weighted by Crippen LogP contribution is 2.41. The Morgan fingerprint density at radius 2 is 2.20 bits per heavy atom. The first-order valence-electron chi connectivity index (χ1n) is 8.04. The van der Waals surface area contributed by atoms with Gasteiger partial charge in [0.05, 0.1) is 5.60 Å². The average Bonchev–Trinajstić information content (AvgIpc) is 2.74. The first-order chi connectivity index (χ1) is 9.30. The van der Waals surface area contributed by atoms with Crippen molar-refractivity contribution in [1.82, 2.24) is 0 Å². The van der Waals surface area contributed by atoms with Crippen molar-refractivity contribution in [2.45, 2.75) is 65.4 Å². The van der Waals surface area contributed by atoms with Crippen molar-refractivity contribution >= 4 is 17.5 Å². The normalized spacial score (nSPS) is 32.5. The van der Waals surface area contributed by atoms with Crippen molar-refractivity contribution in [3.05, 3.63) is 0 Å². The van der Waals surface area contributed by atoms with E-state index in [-0.39, 0.29) is 11.5 Å². The largest absolute Gasteiger partial charge is 0.374 e. The van der Waals surface area contributed by atoms with Gasteiger partial charge in [0.2, 0.25) is 0 Å². The third-order valence-corrected chi connectivity index (χ3v) is 5.75. The summed E-state index contributed by atoms with van der Waals surface area (Å²) in [6.07, 6.45) is 4.93. The lowest BCUT2D eigenvalue weighted by Crippen LogP contribution is -2.42. The molecule has 2 nitrogen and oxygen atoms in total. The molecule has 0 N–H and O–H groups in total. The minimum atomic E-state index is 0.0382. The van der Waals surface area contributed by atoms with E-state index in [0.717, 1.165) is 44.5 Å². The minimum absolute atomic E-state index is 0.0382. The zero-order chi connectivity index (χ0) is 14.8. The molecule has 0 aromatic rings. The predicted molar refractivity (Wildman–Crippen MR) is 86.2 cm³/mol. The topological polar surface area (TPSA) is 26.3 Å². The van der Waals surface area contributed by atoms with Gasteiger partial charge < -0.3 is 4.74 Å². The van der Waals surface area contributed by atoms with Crippen molar-refractivity contribution in [3.8, 4) is 0 Å². The van der Waals surface area contributed by atoms with Gasteiger partial charge in [-0.15, -0.1) is 0 Å². The Bertz CT molecular complexity index is 339. The van der Waals surface area contributed by atoms with E-state index in [9.17, 15) is 4.79 Å². The Morgan fingerprint density at radius 1 is 1.45 bits per heavy atom. The van der Waals surface area contributed by atoms with E-state index in [0.29, 0.717) is 17.1 Å². The van der Waals surface area contributed by atoms with Gasteiger partial charge in [-0.3, -0.25) is 4.79 Å². The van der Waals surface area contributed by atoms with Gasteiger partial charge in [0, 0.05) is 24.7 Å². The zero-order valence-electron chi connectivity index (χ0n) is 13.5. The molecular weight excluding hydrogens is 268 g/mol. The molecule has 3 atom stereocenters. The molecule has 20 heavy (non-hydrogen) atoms. The Labute approximate surface area is 128 Å². The fraction of sp³-hybridized carbons (Fsp3) is 0.941. The molecule has 0 aliphatic carbocycles. The maximum Gasteiger partial charge on any atom is 0.136 e. The van der Waals surface area contributed by atoms with E-state index in [1.54, 1.807) is 0 Å². The number of hydrogen-bond donors (Lipinski definition) is 0. The Morgan fingerprint density at radius 3 is 2.80 bits per heavy atom. The summed E-state index contributed by atoms with van der Waals surface area (Å²) in [5, 5.41) is 0. The van der Waals surface area contributed by atoms with Crippen molar-refractivity contribution in [3.63, 3.8) is 0 Å². The molecule has 2 rings (SSSR count). The maximum atomic E-state index is 12.6. The first-order valence-corrected chi connectivity index (χ1v) is 9.20. The molecular formula is C17H30O2S. The van der Waals surface area contributed by atoms with Gasteiger partial charge in [-0.05, 0) is 42.8 Å². The second-order valence-electron chi connectivity index (χ2n) is 8.06. The summed E-state index contributed by atoms with van der Waals surface area (Å²) < 4.78 is 6.02. The fourth-order valence-electron chi connectivity index (χ4n) is 3.79. The molecule has 0 bridgehead atoms. The molecule has 2 aliphatic heterocycles. The van der Waals surface area contributed by atoms with Crippen LogP contribution in [0.1, 0.15) is 59.8 Å². The van der Waals surface area contributed by atoms with Crippen molar-refractivity contribution in [1.29, 1.82) is 0 Å². The SMILES string of the molecule is CC(CC(=O)C1CCOC2(CCSC2)C1)CC(C)(C)C. The van der Waals surface area contributed by atoms with E-state index in [4.69, 9.17) is 4.74 Å². The van der Waals surface area contributed by atoms with Crippen molar-refractivity contribution in [2.75, 3.05) is 18.1 Å². The smallest absolute Gasteiger partial charge is 0.136 e. The predicted octanol–water partition coefficient (Wildman–Crippen LogP) is 4.32. The summed E-state index contributed by atoms with van der Waals surface area (Å²) in [6.45, 7) is 9.78. The summed E-state index contributed by atoms with van der Waals surface area (Å²) in [5.41, 5.74) is 0.356. The molecule has 0 aromatic carbocycles. The third-order valence-electron chi connectivity index (χ3n) is 4.53. The van der Waals surface area contributed by atoms with Gasteiger partial charge in [-0.1, -0.05) is 27.7 Å². The number of rotatable bonds is 4. The van der Waals surface area contributed by atoms with E-state index in [1.807, 2.05) is 11.8 Å². The van der Waals surface area contributed by atoms with Crippen LogP contribution in [0.15, 0.2) is 0 Å². The molecule has 0 amide bonds. The van der Waals surface area contributed by atoms with Crippen LogP contribution in [0.4, 0.5) is 0 Å². The third kappa shape index (κ3) is 4.49. The van der Waals surface area contributed by atoms with Crippen LogP contribution >= 0.6 is 11.8 Å². The van der Waals surface area contributed by atoms with Gasteiger partial charge in [-0.2, -0.15) is 11.8 Å². The highest BCUT2D eigenvalue weighted by atomic mass is 32.2. The molecule has 116 valence electrons. The summed E-state index contributed by atoms with van der Waals surface area (Å²) in [4.78, 5) is 12.6. The summed E-state index contributed by atoms with van der Waals surface area (Å²) in [7, 11) is 0. The highest BCUT2D eigenvalue weighted by molar-refractivity contribution is 7.99. The van der Waals surface area contributed by atoms with E-state index in [2.05, 4.69) is 27.7 Å². The highest BCUT2D eigenvalue weighted by Gasteiger charge is 2.42. The second kappa shape index (κ2) is 6.39. The van der Waals surface area contributed by atoms with Gasteiger partial charge in [-0.25, -0.2) is 0 Å². The number of carbonyl (C=O) groups is 1. The van der Waals surface area contributed by atoms with Gasteiger partial charge >= 0.3 is 0 Å². The lowest BCUT2D eigenvalue weighted by molar-refractivity contribution is -0.135. The number of Topliss-reactive ketones (excluding diaryl/α,β-unsaturated/α-hetero) is 1. The van der Waals surface area contributed by atoms with Crippen molar-refractivity contribution in [2.24, 2.45) is 17.3 Å². The standard InChI is InChI=1S/C17H30O2S/c1-13(10-16(2,3)4)9-15(18)14-5-7-19-17(11-14)6-8-20-12-17/h13-14H,5-12H2,1-4H3. The average molecular weight is 298 g/mol. The monoisotopic (exact) mass is 298 g/mol. The van der Waals surface area contributed by atoms with Gasteiger partial charge in [0.15, 0.2) is 0 Å². The summed E-state index contributed by atoms with van der Waals surface area (Å²) >= 11 is 1.98. The Hall–Kier alpha value is -0.0200. The van der Waals surface area contributed by atoms with Crippen LogP contribution in [0.25, 0.3) is 0 Å². The van der Waals surface area contributed by atoms with Gasteiger partial charge in [0.25, 0.3) is 0 Å². The molecule has 2 aliphatic rings. The minimum Gasteiger partial charge on any atom is -0.374 e. The van der Waals surface area contributed by atoms with E-state index < -0.39 is 0 Å². The lowest BCUT2D eigenvalue weighted by atomic mass is 9.78. The van der Waals surface area contributed by atoms with Crippen LogP contribution in [-0.4, -0.2) is 29.5 Å². The molecule has 3 heteroatoms. The maximum absolute atomic E-state index is 12.6. The van der Waals surface area contributed by atoms with Crippen LogP contribution < -0.4 is 0 Å². The molecule has 0 radical (unpaired) electrons.